The smallest absolute Gasteiger partial charge is 0.408 e. The fourth-order valence-corrected chi connectivity index (χ4v) is 2.20. The molecule has 1 atom stereocenters. The Kier molecular flexibility index (Phi) is 7.33. The highest BCUT2D eigenvalue weighted by Crippen LogP contribution is 2.04. The van der Waals surface area contributed by atoms with E-state index in [2.05, 4.69) is 10.6 Å². The molecular weight excluding hydrogens is 350 g/mol. The Morgan fingerprint density at radius 2 is 1.67 bits per heavy atom. The van der Waals surface area contributed by atoms with E-state index in [-0.39, 0.29) is 13.2 Å². The molecule has 142 valence electrons. The molecule has 0 saturated carbocycles. The van der Waals surface area contributed by atoms with Gasteiger partial charge in [-0.2, -0.15) is 0 Å². The van der Waals surface area contributed by atoms with Gasteiger partial charge in [-0.25, -0.2) is 9.59 Å². The first-order chi connectivity index (χ1) is 13.0. The average molecular weight is 371 g/mol. The Morgan fingerprint density at radius 1 is 1.00 bits per heavy atom. The number of nitrogens with two attached hydrogens (primary N) is 1. The average Bonchev–Trinajstić information content (AvgIpc) is 2.70. The largest absolute Gasteiger partial charge is 0.480 e. The fraction of sp³-hybridized carbons (Fsp3) is 0.211. The van der Waals surface area contributed by atoms with Gasteiger partial charge in [-0.05, 0) is 23.3 Å². The van der Waals surface area contributed by atoms with E-state index in [1.165, 1.54) is 0 Å². The third-order valence-corrected chi connectivity index (χ3v) is 3.72. The molecule has 5 N–H and O–H groups in total. The summed E-state index contributed by atoms with van der Waals surface area (Å²) in [5, 5.41) is 13.9. The van der Waals surface area contributed by atoms with Gasteiger partial charge >= 0.3 is 12.1 Å². The first-order valence-electron chi connectivity index (χ1n) is 8.27. The molecule has 0 saturated heterocycles. The van der Waals surface area contributed by atoms with Gasteiger partial charge in [0.05, 0.1) is 0 Å². The van der Waals surface area contributed by atoms with Crippen molar-refractivity contribution in [2.24, 2.45) is 5.73 Å². The number of carbonyl (C=O) groups is 3. The van der Waals surface area contributed by atoms with E-state index in [0.29, 0.717) is 12.1 Å². The van der Waals surface area contributed by atoms with Crippen LogP contribution in [-0.4, -0.2) is 35.7 Å². The number of aliphatic carboxylic acids is 1. The second-order valence-corrected chi connectivity index (χ2v) is 5.71. The number of benzene rings is 2. The number of nitrogens with one attached hydrogen (secondary N) is 2. The molecule has 2 aromatic carbocycles. The predicted octanol–water partition coefficient (Wildman–Crippen LogP) is 1.25. The Morgan fingerprint density at radius 3 is 2.26 bits per heavy atom. The van der Waals surface area contributed by atoms with E-state index in [4.69, 9.17) is 10.5 Å². The van der Waals surface area contributed by atoms with E-state index in [9.17, 15) is 19.5 Å². The Hall–Kier alpha value is -3.39. The molecule has 27 heavy (non-hydrogen) atoms. The van der Waals surface area contributed by atoms with Crippen molar-refractivity contribution < 1.29 is 24.2 Å². The van der Waals surface area contributed by atoms with Gasteiger partial charge in [-0.15, -0.1) is 0 Å². The fourth-order valence-electron chi connectivity index (χ4n) is 2.20. The lowest BCUT2D eigenvalue weighted by molar-refractivity contribution is -0.139. The minimum Gasteiger partial charge on any atom is -0.480 e. The quantitative estimate of drug-likeness (QED) is 0.552. The van der Waals surface area contributed by atoms with Gasteiger partial charge in [0.15, 0.2) is 0 Å². The predicted molar refractivity (Wildman–Crippen MR) is 97.9 cm³/mol. The monoisotopic (exact) mass is 371 g/mol. The van der Waals surface area contributed by atoms with Gasteiger partial charge in [-0.3, -0.25) is 4.79 Å². The number of carboxylic acids is 1. The zero-order valence-corrected chi connectivity index (χ0v) is 14.6. The van der Waals surface area contributed by atoms with E-state index < -0.39 is 24.0 Å². The maximum Gasteiger partial charge on any atom is 0.408 e. The minimum atomic E-state index is -1.32. The van der Waals surface area contributed by atoms with Gasteiger partial charge < -0.3 is 26.2 Å². The first-order valence-corrected chi connectivity index (χ1v) is 8.27. The number of carboxylic acid groups (broad SMARTS) is 1. The van der Waals surface area contributed by atoms with Crippen LogP contribution in [-0.2, 0) is 22.7 Å². The van der Waals surface area contributed by atoms with Crippen LogP contribution in [0, 0.1) is 0 Å². The van der Waals surface area contributed by atoms with E-state index in [1.807, 2.05) is 6.07 Å². The van der Waals surface area contributed by atoms with Crippen LogP contribution < -0.4 is 16.4 Å². The number of rotatable bonds is 8. The van der Waals surface area contributed by atoms with Crippen molar-refractivity contribution >= 4 is 18.0 Å². The van der Waals surface area contributed by atoms with Gasteiger partial charge in [0.1, 0.15) is 12.6 Å². The molecule has 0 aromatic heterocycles. The number of ether oxygens (including phenoxy) is 1. The van der Waals surface area contributed by atoms with Crippen LogP contribution >= 0.6 is 0 Å². The zero-order valence-electron chi connectivity index (χ0n) is 14.6. The lowest BCUT2D eigenvalue weighted by atomic mass is 10.1. The highest BCUT2D eigenvalue weighted by atomic mass is 16.5. The van der Waals surface area contributed by atoms with Gasteiger partial charge in [0, 0.05) is 18.7 Å². The number of carbonyl (C=O) groups excluding carboxylic acids is 2. The summed E-state index contributed by atoms with van der Waals surface area (Å²) in [5.74, 6) is -1.74. The summed E-state index contributed by atoms with van der Waals surface area (Å²) in [4.78, 5) is 35.2. The van der Waals surface area contributed by atoms with E-state index in [1.54, 1.807) is 48.5 Å². The third-order valence-electron chi connectivity index (χ3n) is 3.72. The van der Waals surface area contributed by atoms with Crippen LogP contribution in [0.25, 0.3) is 0 Å². The molecular formula is C19H21N3O5. The summed E-state index contributed by atoms with van der Waals surface area (Å²) < 4.78 is 4.99. The van der Waals surface area contributed by atoms with Crippen LogP contribution in [0.3, 0.4) is 0 Å². The normalized spacial score (nSPS) is 11.3. The molecule has 0 bridgehead atoms. The Labute approximate surface area is 156 Å². The van der Waals surface area contributed by atoms with Crippen molar-refractivity contribution in [3.8, 4) is 0 Å². The van der Waals surface area contributed by atoms with Gasteiger partial charge in [0.25, 0.3) is 5.91 Å². The molecule has 8 heteroatoms. The lowest BCUT2D eigenvalue weighted by Crippen LogP contribution is -2.48. The Bertz CT molecular complexity index is 778. The molecule has 0 aliphatic heterocycles. The maximum atomic E-state index is 12.1. The highest BCUT2D eigenvalue weighted by molar-refractivity contribution is 5.94. The zero-order chi connectivity index (χ0) is 19.6. The molecule has 8 nitrogen and oxygen atoms in total. The van der Waals surface area contributed by atoms with Crippen molar-refractivity contribution in [2.75, 3.05) is 6.54 Å². The van der Waals surface area contributed by atoms with Crippen molar-refractivity contribution in [3.63, 3.8) is 0 Å². The number of hydrogen-bond acceptors (Lipinski definition) is 5. The van der Waals surface area contributed by atoms with Gasteiger partial charge in [0.2, 0.25) is 0 Å². The standard InChI is InChI=1S/C19H21N3O5/c20-10-13-6-8-15(9-7-13)17(23)21-11-16(18(24)25)22-19(26)27-12-14-4-2-1-3-5-14/h1-9,16H,10-12,20H2,(H,21,23)(H,22,26)(H,24,25). The van der Waals surface area contributed by atoms with Gasteiger partial charge in [-0.1, -0.05) is 42.5 Å². The van der Waals surface area contributed by atoms with E-state index in [0.717, 1.165) is 11.1 Å². The first kappa shape index (κ1) is 19.9. The third kappa shape index (κ3) is 6.44. The van der Waals surface area contributed by atoms with Crippen molar-refractivity contribution in [3.05, 3.63) is 71.3 Å². The Balaban J connectivity index is 1.84. The molecule has 1 unspecified atom stereocenters. The molecule has 0 aliphatic carbocycles. The topological polar surface area (TPSA) is 131 Å². The summed E-state index contributed by atoms with van der Waals surface area (Å²) in [5.41, 5.74) is 7.51. The minimum absolute atomic E-state index is 0.0128. The second kappa shape index (κ2) is 9.93. The summed E-state index contributed by atoms with van der Waals surface area (Å²) in [7, 11) is 0. The molecule has 2 rings (SSSR count). The van der Waals surface area contributed by atoms with Crippen LogP contribution in [0.2, 0.25) is 0 Å². The molecule has 0 fully saturated rings. The highest BCUT2D eigenvalue weighted by Gasteiger charge is 2.21. The van der Waals surface area contributed by atoms with Crippen molar-refractivity contribution in [1.29, 1.82) is 0 Å². The van der Waals surface area contributed by atoms with Crippen LogP contribution in [0.15, 0.2) is 54.6 Å². The number of hydrogen-bond donors (Lipinski definition) is 4. The van der Waals surface area contributed by atoms with Crippen LogP contribution in [0.4, 0.5) is 4.79 Å². The summed E-state index contributed by atoms with van der Waals surface area (Å²) in [6, 6.07) is 14.3. The molecule has 0 aliphatic rings. The molecule has 0 radical (unpaired) electrons. The maximum absolute atomic E-state index is 12.1. The van der Waals surface area contributed by atoms with E-state index >= 15 is 0 Å². The number of amides is 2. The molecule has 0 spiro atoms. The van der Waals surface area contributed by atoms with Crippen molar-refractivity contribution in [1.82, 2.24) is 10.6 Å². The summed E-state index contributed by atoms with van der Waals surface area (Å²) in [6.07, 6.45) is -0.882. The lowest BCUT2D eigenvalue weighted by Gasteiger charge is -2.15. The van der Waals surface area contributed by atoms with Crippen molar-refractivity contribution in [2.45, 2.75) is 19.2 Å². The second-order valence-electron chi connectivity index (χ2n) is 5.71. The molecule has 2 aromatic rings. The molecule has 0 heterocycles. The SMILES string of the molecule is NCc1ccc(C(=O)NCC(NC(=O)OCc2ccccc2)C(=O)O)cc1. The molecule has 2 amide bonds. The van der Waals surface area contributed by atoms with Crippen LogP contribution in [0.5, 0.6) is 0 Å². The van der Waals surface area contributed by atoms with Crippen LogP contribution in [0.1, 0.15) is 21.5 Å². The summed E-state index contributed by atoms with van der Waals surface area (Å²) >= 11 is 0. The number of alkyl carbamates (subject to hydrolysis) is 1. The summed E-state index contributed by atoms with van der Waals surface area (Å²) in [6.45, 7) is 0.0874.